The van der Waals surface area contributed by atoms with Crippen LogP contribution in [-0.2, 0) is 14.3 Å². The Balaban J connectivity index is 2.68. The molecule has 0 heterocycles. The second kappa shape index (κ2) is 5.31. The molecule has 0 saturated heterocycles. The number of anilines is 1. The lowest BCUT2D eigenvalue weighted by Gasteiger charge is -2.18. The third-order valence-corrected chi connectivity index (χ3v) is 2.40. The Hall–Kier alpha value is -1.36. The minimum atomic E-state index is -0.895. The number of halogens is 1. The number of ether oxygens (including phenoxy) is 1. The molecule has 0 saturated carbocycles. The maximum absolute atomic E-state index is 11.5. The molecular formula is C12H14BrNO3. The van der Waals surface area contributed by atoms with Crippen LogP contribution in [0.4, 0.5) is 5.69 Å². The predicted octanol–water partition coefficient (Wildman–Crippen LogP) is 2.73. The van der Waals surface area contributed by atoms with Crippen LogP contribution in [0, 0.1) is 0 Å². The van der Waals surface area contributed by atoms with Crippen LogP contribution in [-0.4, -0.2) is 17.5 Å². The number of esters is 1. The van der Waals surface area contributed by atoms with Gasteiger partial charge < -0.3 is 10.1 Å². The zero-order chi connectivity index (χ0) is 13.1. The molecule has 0 aliphatic carbocycles. The molecular weight excluding hydrogens is 286 g/mol. The fourth-order valence-electron chi connectivity index (χ4n) is 1.06. The van der Waals surface area contributed by atoms with Crippen LogP contribution >= 0.6 is 15.9 Å². The fourth-order valence-corrected chi connectivity index (χ4v) is 1.44. The number of para-hydroxylation sites is 1. The van der Waals surface area contributed by atoms with Crippen molar-refractivity contribution in [1.82, 2.24) is 0 Å². The first-order valence-electron chi connectivity index (χ1n) is 5.08. The first kappa shape index (κ1) is 13.7. The molecule has 0 aliphatic rings. The van der Waals surface area contributed by atoms with Gasteiger partial charge in [0, 0.05) is 4.47 Å². The summed E-state index contributed by atoms with van der Waals surface area (Å²) in [4.78, 5) is 23.0. The molecule has 92 valence electrons. The van der Waals surface area contributed by atoms with Crippen molar-refractivity contribution in [3.05, 3.63) is 28.7 Å². The van der Waals surface area contributed by atoms with Crippen molar-refractivity contribution in [3.8, 4) is 0 Å². The van der Waals surface area contributed by atoms with Crippen molar-refractivity contribution in [2.45, 2.75) is 26.4 Å². The molecule has 5 heteroatoms. The van der Waals surface area contributed by atoms with Gasteiger partial charge in [-0.3, -0.25) is 4.79 Å². The number of rotatable bonds is 1. The van der Waals surface area contributed by atoms with E-state index in [1.807, 2.05) is 6.07 Å². The number of nitrogens with one attached hydrogen (secondary N) is 1. The molecule has 0 bridgehead atoms. The van der Waals surface area contributed by atoms with Crippen LogP contribution in [0.2, 0.25) is 0 Å². The summed E-state index contributed by atoms with van der Waals surface area (Å²) in [5.41, 5.74) is -0.147. The molecule has 0 unspecified atom stereocenters. The van der Waals surface area contributed by atoms with Gasteiger partial charge in [0.15, 0.2) is 0 Å². The summed E-state index contributed by atoms with van der Waals surface area (Å²) in [5.74, 6) is -1.68. The van der Waals surface area contributed by atoms with E-state index in [0.717, 1.165) is 0 Å². The van der Waals surface area contributed by atoms with Gasteiger partial charge in [-0.2, -0.15) is 0 Å². The van der Waals surface area contributed by atoms with Crippen LogP contribution < -0.4 is 5.32 Å². The zero-order valence-corrected chi connectivity index (χ0v) is 11.5. The van der Waals surface area contributed by atoms with Crippen molar-refractivity contribution in [3.63, 3.8) is 0 Å². The van der Waals surface area contributed by atoms with Gasteiger partial charge >= 0.3 is 11.9 Å². The van der Waals surface area contributed by atoms with E-state index in [1.54, 1.807) is 39.0 Å². The predicted molar refractivity (Wildman–Crippen MR) is 68.6 cm³/mol. The molecule has 17 heavy (non-hydrogen) atoms. The highest BCUT2D eigenvalue weighted by Gasteiger charge is 2.23. The van der Waals surface area contributed by atoms with Crippen molar-refractivity contribution in [1.29, 1.82) is 0 Å². The standard InChI is InChI=1S/C12H14BrNO3/c1-12(2,3)17-11(16)10(15)14-9-7-5-4-6-8(9)13/h4-7H,1-3H3,(H,14,15). The SMILES string of the molecule is CC(C)(C)OC(=O)C(=O)Nc1ccccc1Br. The van der Waals surface area contributed by atoms with Crippen LogP contribution in [0.1, 0.15) is 20.8 Å². The monoisotopic (exact) mass is 299 g/mol. The van der Waals surface area contributed by atoms with Crippen molar-refractivity contribution in [2.24, 2.45) is 0 Å². The second-order valence-corrected chi connectivity index (χ2v) is 5.29. The highest BCUT2D eigenvalue weighted by Crippen LogP contribution is 2.21. The summed E-state index contributed by atoms with van der Waals surface area (Å²) in [6, 6.07) is 7.03. The third-order valence-electron chi connectivity index (χ3n) is 1.71. The van der Waals surface area contributed by atoms with Crippen molar-refractivity contribution >= 4 is 33.5 Å². The molecule has 1 amide bonds. The lowest BCUT2D eigenvalue weighted by molar-refractivity contribution is -0.161. The lowest BCUT2D eigenvalue weighted by atomic mass is 10.2. The molecule has 1 rings (SSSR count). The maximum Gasteiger partial charge on any atom is 0.397 e. The van der Waals surface area contributed by atoms with Crippen LogP contribution in [0.3, 0.4) is 0 Å². The van der Waals surface area contributed by atoms with E-state index in [4.69, 9.17) is 4.74 Å². The highest BCUT2D eigenvalue weighted by molar-refractivity contribution is 9.10. The van der Waals surface area contributed by atoms with Gasteiger partial charge in [0.2, 0.25) is 0 Å². The Kier molecular flexibility index (Phi) is 4.28. The van der Waals surface area contributed by atoms with Gasteiger partial charge in [-0.05, 0) is 48.8 Å². The minimum absolute atomic E-state index is 0.531. The quantitative estimate of drug-likeness (QED) is 0.641. The summed E-state index contributed by atoms with van der Waals surface area (Å²) in [7, 11) is 0. The Bertz CT molecular complexity index is 438. The largest absolute Gasteiger partial charge is 0.453 e. The average Bonchev–Trinajstić information content (AvgIpc) is 2.18. The fraction of sp³-hybridized carbons (Fsp3) is 0.333. The van der Waals surface area contributed by atoms with E-state index < -0.39 is 17.5 Å². The topological polar surface area (TPSA) is 55.4 Å². The molecule has 1 aromatic rings. The van der Waals surface area contributed by atoms with Gasteiger partial charge in [0.25, 0.3) is 0 Å². The molecule has 0 fully saturated rings. The smallest absolute Gasteiger partial charge is 0.397 e. The molecule has 0 atom stereocenters. The second-order valence-electron chi connectivity index (χ2n) is 4.44. The van der Waals surface area contributed by atoms with Crippen molar-refractivity contribution < 1.29 is 14.3 Å². The van der Waals surface area contributed by atoms with Gasteiger partial charge in [-0.25, -0.2) is 4.79 Å². The zero-order valence-electron chi connectivity index (χ0n) is 9.91. The molecule has 0 spiro atoms. The van der Waals surface area contributed by atoms with Gasteiger partial charge in [-0.15, -0.1) is 0 Å². The Labute approximate surface area is 108 Å². The van der Waals surface area contributed by atoms with E-state index in [0.29, 0.717) is 10.2 Å². The van der Waals surface area contributed by atoms with Crippen LogP contribution in [0.15, 0.2) is 28.7 Å². The van der Waals surface area contributed by atoms with E-state index in [1.165, 1.54) is 0 Å². The number of amides is 1. The van der Waals surface area contributed by atoms with Gasteiger partial charge in [-0.1, -0.05) is 12.1 Å². The molecule has 1 N–H and O–H groups in total. The van der Waals surface area contributed by atoms with E-state index in [-0.39, 0.29) is 0 Å². The Morgan fingerprint density at radius 1 is 1.24 bits per heavy atom. The van der Waals surface area contributed by atoms with Crippen molar-refractivity contribution in [2.75, 3.05) is 5.32 Å². The molecule has 0 aromatic heterocycles. The van der Waals surface area contributed by atoms with Gasteiger partial charge in [0.05, 0.1) is 5.69 Å². The number of carbonyl (C=O) groups is 2. The summed E-state index contributed by atoms with van der Waals surface area (Å²) < 4.78 is 5.65. The van der Waals surface area contributed by atoms with E-state index in [2.05, 4.69) is 21.2 Å². The lowest BCUT2D eigenvalue weighted by Crippen LogP contribution is -2.32. The summed E-state index contributed by atoms with van der Waals surface area (Å²) >= 11 is 3.27. The summed E-state index contributed by atoms with van der Waals surface area (Å²) in [6.07, 6.45) is 0. The number of benzene rings is 1. The Morgan fingerprint density at radius 3 is 2.35 bits per heavy atom. The van der Waals surface area contributed by atoms with E-state index >= 15 is 0 Å². The molecule has 4 nitrogen and oxygen atoms in total. The normalized spacial score (nSPS) is 10.8. The minimum Gasteiger partial charge on any atom is -0.453 e. The highest BCUT2D eigenvalue weighted by atomic mass is 79.9. The first-order valence-corrected chi connectivity index (χ1v) is 5.88. The molecule has 1 aromatic carbocycles. The van der Waals surface area contributed by atoms with Gasteiger partial charge in [0.1, 0.15) is 5.60 Å². The first-order chi connectivity index (χ1) is 7.79. The number of hydrogen-bond donors (Lipinski definition) is 1. The van der Waals surface area contributed by atoms with Crippen LogP contribution in [0.25, 0.3) is 0 Å². The number of hydrogen-bond acceptors (Lipinski definition) is 3. The average molecular weight is 300 g/mol. The van der Waals surface area contributed by atoms with E-state index in [9.17, 15) is 9.59 Å². The summed E-state index contributed by atoms with van der Waals surface area (Å²) in [6.45, 7) is 5.11. The molecule has 0 aliphatic heterocycles. The van der Waals surface area contributed by atoms with Crippen LogP contribution in [0.5, 0.6) is 0 Å². The Morgan fingerprint density at radius 2 is 1.82 bits per heavy atom. The molecule has 0 radical (unpaired) electrons. The maximum atomic E-state index is 11.5. The number of carbonyl (C=O) groups excluding carboxylic acids is 2. The third kappa shape index (κ3) is 4.56. The summed E-state index contributed by atoms with van der Waals surface area (Å²) in [5, 5.41) is 2.47.